The number of hydrogen-bond donors (Lipinski definition) is 4. The van der Waals surface area contributed by atoms with E-state index in [0.29, 0.717) is 33.8 Å². The fraction of sp³-hybridized carbons (Fsp3) is 0.0435. The Morgan fingerprint density at radius 3 is 2.35 bits per heavy atom. The molecule has 0 fully saturated rings. The largest absolute Gasteiger partial charge is 0.399 e. The molecule has 5 N–H and O–H groups in total. The van der Waals surface area contributed by atoms with Crippen LogP contribution in [0.25, 0.3) is 6.08 Å². The van der Waals surface area contributed by atoms with Gasteiger partial charge in [-0.15, -0.1) is 0 Å². The zero-order valence-corrected chi connectivity index (χ0v) is 16.8. The summed E-state index contributed by atoms with van der Waals surface area (Å²) < 4.78 is 0. The quantitative estimate of drug-likeness (QED) is 0.364. The fourth-order valence-electron chi connectivity index (χ4n) is 2.73. The molecule has 3 amide bonds. The summed E-state index contributed by atoms with van der Waals surface area (Å²) in [6.07, 6.45) is 5.88. The number of pyridine rings is 1. The average Bonchev–Trinajstić information content (AvgIpc) is 2.77. The SMILES string of the molecule is CNC(=O)c1cncc(/C=C/C(=O)Nc2cccc(NC(=O)c3cccc(N)c3)c2)c1. The summed E-state index contributed by atoms with van der Waals surface area (Å²) in [7, 11) is 1.53. The Kier molecular flexibility index (Phi) is 6.74. The van der Waals surface area contributed by atoms with E-state index in [9.17, 15) is 14.4 Å². The van der Waals surface area contributed by atoms with Crippen molar-refractivity contribution in [1.29, 1.82) is 0 Å². The molecule has 3 aromatic rings. The van der Waals surface area contributed by atoms with Crippen molar-refractivity contribution in [3.8, 4) is 0 Å². The van der Waals surface area contributed by atoms with Gasteiger partial charge in [0.2, 0.25) is 5.91 Å². The molecule has 8 nitrogen and oxygen atoms in total. The van der Waals surface area contributed by atoms with E-state index in [1.54, 1.807) is 66.9 Å². The first-order chi connectivity index (χ1) is 14.9. The monoisotopic (exact) mass is 415 g/mol. The minimum Gasteiger partial charge on any atom is -0.399 e. The third-order valence-corrected chi connectivity index (χ3v) is 4.21. The lowest BCUT2D eigenvalue weighted by molar-refractivity contribution is -0.111. The van der Waals surface area contributed by atoms with Gasteiger partial charge in [-0.3, -0.25) is 19.4 Å². The lowest BCUT2D eigenvalue weighted by atomic mass is 10.2. The Morgan fingerprint density at radius 2 is 1.61 bits per heavy atom. The van der Waals surface area contributed by atoms with Crippen LogP contribution >= 0.6 is 0 Å². The third kappa shape index (κ3) is 6.01. The molecule has 0 unspecified atom stereocenters. The second-order valence-corrected chi connectivity index (χ2v) is 6.57. The molecule has 0 atom stereocenters. The first-order valence-electron chi connectivity index (χ1n) is 9.38. The van der Waals surface area contributed by atoms with Crippen LogP contribution in [0.15, 0.2) is 73.1 Å². The highest BCUT2D eigenvalue weighted by Crippen LogP contribution is 2.17. The van der Waals surface area contributed by atoms with Gasteiger partial charge in [0.05, 0.1) is 5.56 Å². The van der Waals surface area contributed by atoms with Crippen molar-refractivity contribution >= 4 is 40.9 Å². The van der Waals surface area contributed by atoms with Gasteiger partial charge in [0.15, 0.2) is 0 Å². The Bertz CT molecular complexity index is 1160. The van der Waals surface area contributed by atoms with Crippen molar-refractivity contribution in [3.63, 3.8) is 0 Å². The zero-order chi connectivity index (χ0) is 22.2. The predicted octanol–water partition coefficient (Wildman–Crippen LogP) is 2.93. The number of benzene rings is 2. The molecule has 3 rings (SSSR count). The van der Waals surface area contributed by atoms with Crippen molar-refractivity contribution in [2.75, 3.05) is 23.4 Å². The van der Waals surface area contributed by atoms with Crippen LogP contribution < -0.4 is 21.7 Å². The molecular formula is C23H21N5O3. The summed E-state index contributed by atoms with van der Waals surface area (Å²) in [6.45, 7) is 0. The van der Waals surface area contributed by atoms with E-state index in [2.05, 4.69) is 20.9 Å². The molecule has 0 saturated carbocycles. The first kappa shape index (κ1) is 21.3. The van der Waals surface area contributed by atoms with Gasteiger partial charge in [-0.25, -0.2) is 0 Å². The third-order valence-electron chi connectivity index (χ3n) is 4.21. The van der Waals surface area contributed by atoms with E-state index in [-0.39, 0.29) is 17.7 Å². The number of rotatable bonds is 6. The number of aromatic nitrogens is 1. The topological polar surface area (TPSA) is 126 Å². The molecule has 0 spiro atoms. The Balaban J connectivity index is 1.64. The van der Waals surface area contributed by atoms with Crippen LogP contribution in [0.1, 0.15) is 26.3 Å². The summed E-state index contributed by atoms with van der Waals surface area (Å²) in [5, 5.41) is 8.02. The van der Waals surface area contributed by atoms with Gasteiger partial charge in [0, 0.05) is 48.1 Å². The number of amides is 3. The standard InChI is InChI=1S/C23H21N5O3/c1-25-22(30)17-10-15(13-26-14-17)8-9-21(29)27-19-6-3-7-20(12-19)28-23(31)16-4-2-5-18(24)11-16/h2-14H,24H2,1H3,(H,25,30)(H,27,29)(H,28,31)/b9-8+. The molecule has 0 aliphatic heterocycles. The van der Waals surface area contributed by atoms with Crippen LogP contribution in [-0.4, -0.2) is 29.8 Å². The maximum atomic E-state index is 12.4. The van der Waals surface area contributed by atoms with Crippen LogP contribution in [-0.2, 0) is 4.79 Å². The van der Waals surface area contributed by atoms with Gasteiger partial charge in [-0.2, -0.15) is 0 Å². The molecule has 31 heavy (non-hydrogen) atoms. The Hall–Kier alpha value is -4.46. The summed E-state index contributed by atoms with van der Waals surface area (Å²) >= 11 is 0. The van der Waals surface area contributed by atoms with Gasteiger partial charge >= 0.3 is 0 Å². The molecule has 1 aromatic heterocycles. The van der Waals surface area contributed by atoms with Crippen LogP contribution in [0.4, 0.5) is 17.1 Å². The number of carbonyl (C=O) groups is 3. The number of carbonyl (C=O) groups excluding carboxylic acids is 3. The van der Waals surface area contributed by atoms with Gasteiger partial charge in [-0.05, 0) is 54.1 Å². The van der Waals surface area contributed by atoms with Crippen molar-refractivity contribution in [2.45, 2.75) is 0 Å². The van der Waals surface area contributed by atoms with E-state index >= 15 is 0 Å². The fourth-order valence-corrected chi connectivity index (χ4v) is 2.73. The number of nitrogens with two attached hydrogens (primary N) is 1. The molecule has 0 radical (unpaired) electrons. The van der Waals surface area contributed by atoms with Gasteiger partial charge in [0.25, 0.3) is 11.8 Å². The van der Waals surface area contributed by atoms with E-state index < -0.39 is 0 Å². The van der Waals surface area contributed by atoms with Crippen molar-refractivity contribution in [1.82, 2.24) is 10.3 Å². The Morgan fingerprint density at radius 1 is 0.871 bits per heavy atom. The molecule has 8 heteroatoms. The lowest BCUT2D eigenvalue weighted by Crippen LogP contribution is -2.17. The van der Waals surface area contributed by atoms with Crippen molar-refractivity contribution in [2.24, 2.45) is 0 Å². The summed E-state index contributed by atoms with van der Waals surface area (Å²) in [5.41, 5.74) is 8.69. The number of nitrogen functional groups attached to an aromatic ring is 1. The van der Waals surface area contributed by atoms with E-state index in [1.807, 2.05) is 0 Å². The molecule has 0 saturated heterocycles. The van der Waals surface area contributed by atoms with Crippen LogP contribution in [0, 0.1) is 0 Å². The number of nitrogens with zero attached hydrogens (tertiary/aromatic N) is 1. The Labute approximate surface area is 179 Å². The molecule has 0 aliphatic rings. The van der Waals surface area contributed by atoms with Gasteiger partial charge < -0.3 is 21.7 Å². The highest BCUT2D eigenvalue weighted by atomic mass is 16.2. The lowest BCUT2D eigenvalue weighted by Gasteiger charge is -2.08. The molecule has 0 aliphatic carbocycles. The van der Waals surface area contributed by atoms with E-state index in [0.717, 1.165) is 0 Å². The average molecular weight is 415 g/mol. The highest BCUT2D eigenvalue weighted by Gasteiger charge is 2.08. The van der Waals surface area contributed by atoms with Crippen molar-refractivity contribution < 1.29 is 14.4 Å². The van der Waals surface area contributed by atoms with E-state index in [1.165, 1.54) is 19.3 Å². The van der Waals surface area contributed by atoms with Crippen molar-refractivity contribution in [3.05, 3.63) is 89.8 Å². The maximum Gasteiger partial charge on any atom is 0.255 e. The molecular weight excluding hydrogens is 394 g/mol. The summed E-state index contributed by atoms with van der Waals surface area (Å²) in [6, 6.07) is 15.0. The molecule has 156 valence electrons. The smallest absolute Gasteiger partial charge is 0.255 e. The molecule has 0 bridgehead atoms. The number of hydrogen-bond acceptors (Lipinski definition) is 5. The predicted molar refractivity (Wildman–Crippen MR) is 121 cm³/mol. The zero-order valence-electron chi connectivity index (χ0n) is 16.8. The van der Waals surface area contributed by atoms with Gasteiger partial charge in [0.1, 0.15) is 0 Å². The van der Waals surface area contributed by atoms with Crippen LogP contribution in [0.5, 0.6) is 0 Å². The minimum atomic E-state index is -0.371. The van der Waals surface area contributed by atoms with Gasteiger partial charge in [-0.1, -0.05) is 12.1 Å². The first-order valence-corrected chi connectivity index (χ1v) is 9.38. The van der Waals surface area contributed by atoms with E-state index in [4.69, 9.17) is 5.73 Å². The summed E-state index contributed by atoms with van der Waals surface area (Å²) in [4.78, 5) is 40.3. The number of nitrogens with one attached hydrogen (secondary N) is 3. The molecule has 1 heterocycles. The minimum absolute atomic E-state index is 0.260. The maximum absolute atomic E-state index is 12.4. The highest BCUT2D eigenvalue weighted by molar-refractivity contribution is 6.06. The van der Waals surface area contributed by atoms with Crippen LogP contribution in [0.2, 0.25) is 0 Å². The molecule has 2 aromatic carbocycles. The number of anilines is 3. The normalized spacial score (nSPS) is 10.5. The summed E-state index contributed by atoms with van der Waals surface area (Å²) in [5.74, 6) is -0.937. The second kappa shape index (κ2) is 9.84. The second-order valence-electron chi connectivity index (χ2n) is 6.57. The van der Waals surface area contributed by atoms with Crippen LogP contribution in [0.3, 0.4) is 0 Å².